The van der Waals surface area contributed by atoms with E-state index in [0.29, 0.717) is 34.0 Å². The van der Waals surface area contributed by atoms with Crippen LogP contribution < -0.4 is 31.8 Å². The number of hydrogen-bond acceptors (Lipinski definition) is 14. The molecule has 0 amide bonds. The predicted octanol–water partition coefficient (Wildman–Crippen LogP) is 4.38. The highest BCUT2D eigenvalue weighted by Gasteiger charge is 2.29. The number of nitrogens with two attached hydrogens (primary N) is 2. The minimum Gasteiger partial charge on any atom is -0.494 e. The number of rotatable bonds is 9. The molecule has 8 N–H and O–H groups in total. The van der Waals surface area contributed by atoms with Crippen LogP contribution in [-0.4, -0.2) is 63.2 Å². The summed E-state index contributed by atoms with van der Waals surface area (Å²) in [5.41, 5.74) is 19.3. The third-order valence-corrected chi connectivity index (χ3v) is 9.92. The second-order valence-electron chi connectivity index (χ2n) is 11.2. The van der Waals surface area contributed by atoms with Gasteiger partial charge in [0.1, 0.15) is 32.7 Å². The smallest absolute Gasteiger partial charge is 0.295 e. The minimum absolute atomic E-state index is 0.0163. The van der Waals surface area contributed by atoms with Gasteiger partial charge in [0.15, 0.2) is 0 Å². The van der Waals surface area contributed by atoms with Crippen molar-refractivity contribution in [3.05, 3.63) is 95.1 Å². The van der Waals surface area contributed by atoms with Crippen LogP contribution in [-0.2, 0) is 20.2 Å². The summed E-state index contributed by atoms with van der Waals surface area (Å²) in [5, 5.41) is 8.36. The number of hydrazone groups is 2. The third-order valence-electron chi connectivity index (χ3n) is 8.10. The van der Waals surface area contributed by atoms with Gasteiger partial charge < -0.3 is 20.9 Å². The standard InChI is InChI=1S/C34H28N6O10S2/c1-49-27-15-17(3-9-23(27)37-39-25-11-5-19-29(51(43,44)45)13-7-21(35)31(19)33(25)41)18-4-10-24(28(16-18)50-2)38-40-26-12-6-20-30(52(46,47)48)14-8-22(36)32(20)34(26)42/h3-16,37-38H,35-36H2,1-2H3,(H,43,44,45)(H,46,47,48). The van der Waals surface area contributed by atoms with Gasteiger partial charge in [-0.15, -0.1) is 0 Å². The maximum atomic E-state index is 13.2. The fraction of sp³-hybridized carbons (Fsp3) is 0.0588. The summed E-state index contributed by atoms with van der Waals surface area (Å²) in [5.74, 6) is -0.596. The van der Waals surface area contributed by atoms with Gasteiger partial charge in [-0.05, 0) is 71.8 Å². The van der Waals surface area contributed by atoms with E-state index in [9.17, 15) is 35.5 Å². The highest BCUT2D eigenvalue weighted by atomic mass is 32.2. The van der Waals surface area contributed by atoms with Crippen LogP contribution in [0.15, 0.2) is 92.8 Å². The number of Topliss-reactive ketones (excluding diaryl/α,β-unsaturated/α-hetero) is 2. The molecule has 0 saturated heterocycles. The number of benzene rings is 4. The lowest BCUT2D eigenvalue weighted by atomic mass is 9.93. The molecule has 2 aliphatic rings. The van der Waals surface area contributed by atoms with Gasteiger partial charge in [-0.2, -0.15) is 27.0 Å². The first-order valence-corrected chi connectivity index (χ1v) is 17.8. The van der Waals surface area contributed by atoms with Gasteiger partial charge in [0.2, 0.25) is 11.6 Å². The molecule has 266 valence electrons. The summed E-state index contributed by atoms with van der Waals surface area (Å²) in [7, 11) is -6.34. The van der Waals surface area contributed by atoms with Crippen molar-refractivity contribution in [1.82, 2.24) is 0 Å². The number of nitrogen functional groups attached to an aromatic ring is 2. The minimum atomic E-state index is -4.61. The number of nitrogens with one attached hydrogen (secondary N) is 2. The number of nitrogens with zero attached hydrogens (tertiary/aromatic N) is 2. The van der Waals surface area contributed by atoms with E-state index in [4.69, 9.17) is 20.9 Å². The summed E-state index contributed by atoms with van der Waals surface area (Å²) >= 11 is 0. The lowest BCUT2D eigenvalue weighted by Gasteiger charge is -2.17. The Hall–Kier alpha value is -6.34. The van der Waals surface area contributed by atoms with E-state index in [0.717, 1.165) is 12.1 Å². The van der Waals surface area contributed by atoms with Gasteiger partial charge in [0.05, 0.1) is 36.7 Å². The Morgan fingerprint density at radius 2 is 0.981 bits per heavy atom. The van der Waals surface area contributed by atoms with Crippen LogP contribution >= 0.6 is 0 Å². The van der Waals surface area contributed by atoms with Crippen LogP contribution in [0.5, 0.6) is 11.5 Å². The van der Waals surface area contributed by atoms with E-state index in [1.54, 1.807) is 36.4 Å². The molecular formula is C34H28N6O10S2. The van der Waals surface area contributed by atoms with Gasteiger partial charge in [0, 0.05) is 22.5 Å². The molecule has 0 unspecified atom stereocenters. The molecular weight excluding hydrogens is 717 g/mol. The van der Waals surface area contributed by atoms with Gasteiger partial charge in [-0.3, -0.25) is 29.5 Å². The molecule has 4 aromatic carbocycles. The molecule has 0 spiro atoms. The SMILES string of the molecule is COc1cc(-c2ccc(NN=C3C=Cc4c(S(=O)(=O)O)ccc(N)c4C3=O)c(OC)c2)ccc1NN=C1C=Cc2c(S(=O)(=O)O)ccc(N)c2C1=O. The van der Waals surface area contributed by atoms with Gasteiger partial charge in [0.25, 0.3) is 20.2 Å². The molecule has 6 rings (SSSR count). The van der Waals surface area contributed by atoms with Gasteiger partial charge >= 0.3 is 0 Å². The van der Waals surface area contributed by atoms with Crippen molar-refractivity contribution in [2.24, 2.45) is 10.2 Å². The van der Waals surface area contributed by atoms with E-state index in [-0.39, 0.29) is 45.1 Å². The normalized spacial score (nSPS) is 15.4. The average Bonchev–Trinajstić information content (AvgIpc) is 3.10. The molecule has 0 radical (unpaired) electrons. The van der Waals surface area contributed by atoms with Crippen molar-refractivity contribution in [1.29, 1.82) is 0 Å². The first-order valence-electron chi connectivity index (χ1n) is 14.9. The zero-order valence-corrected chi connectivity index (χ0v) is 28.7. The Kier molecular flexibility index (Phi) is 9.15. The first-order chi connectivity index (χ1) is 24.6. The molecule has 0 atom stereocenters. The molecule has 18 heteroatoms. The fourth-order valence-corrected chi connectivity index (χ4v) is 6.97. The number of ketones is 2. The second-order valence-corrected chi connectivity index (χ2v) is 14.0. The van der Waals surface area contributed by atoms with Crippen LogP contribution in [0.25, 0.3) is 23.3 Å². The lowest BCUT2D eigenvalue weighted by Crippen LogP contribution is -2.21. The molecule has 0 bridgehead atoms. The lowest BCUT2D eigenvalue weighted by molar-refractivity contribution is 0.105. The Balaban J connectivity index is 1.22. The van der Waals surface area contributed by atoms with Crippen molar-refractivity contribution in [2.45, 2.75) is 9.79 Å². The summed E-state index contributed by atoms with van der Waals surface area (Å²) in [6.07, 6.45) is 5.26. The molecule has 16 nitrogen and oxygen atoms in total. The summed E-state index contributed by atoms with van der Waals surface area (Å²) in [6, 6.07) is 14.9. The maximum absolute atomic E-state index is 13.2. The Bertz CT molecular complexity index is 2380. The number of hydrogen-bond donors (Lipinski definition) is 6. The van der Waals surface area contributed by atoms with Crippen molar-refractivity contribution in [3.63, 3.8) is 0 Å². The zero-order valence-electron chi connectivity index (χ0n) is 27.1. The number of ether oxygens (including phenoxy) is 2. The Labute approximate surface area is 296 Å². The summed E-state index contributed by atoms with van der Waals surface area (Å²) < 4.78 is 77.5. The summed E-state index contributed by atoms with van der Waals surface area (Å²) in [4.78, 5) is 25.5. The van der Waals surface area contributed by atoms with Gasteiger partial charge in [-0.25, -0.2) is 0 Å². The van der Waals surface area contributed by atoms with E-state index in [1.165, 1.54) is 50.7 Å². The number of anilines is 4. The van der Waals surface area contributed by atoms with Crippen molar-refractivity contribution < 1.29 is 45.0 Å². The van der Waals surface area contributed by atoms with E-state index >= 15 is 0 Å². The van der Waals surface area contributed by atoms with E-state index in [2.05, 4.69) is 21.1 Å². The molecule has 0 heterocycles. The third kappa shape index (κ3) is 6.61. The maximum Gasteiger partial charge on any atom is 0.295 e. The topological polar surface area (TPSA) is 262 Å². The monoisotopic (exact) mass is 744 g/mol. The highest BCUT2D eigenvalue weighted by Crippen LogP contribution is 2.36. The Morgan fingerprint density at radius 1 is 0.596 bits per heavy atom. The van der Waals surface area contributed by atoms with Crippen molar-refractivity contribution in [2.75, 3.05) is 36.5 Å². The van der Waals surface area contributed by atoms with Crippen LogP contribution in [0.4, 0.5) is 22.7 Å². The quantitative estimate of drug-likeness (QED) is 0.0789. The number of carbonyl (C=O) groups is 2. The Morgan fingerprint density at radius 3 is 1.33 bits per heavy atom. The zero-order chi connectivity index (χ0) is 37.5. The van der Waals surface area contributed by atoms with Crippen molar-refractivity contribution >= 4 is 78.1 Å². The van der Waals surface area contributed by atoms with Crippen molar-refractivity contribution in [3.8, 4) is 22.6 Å². The molecule has 0 fully saturated rings. The highest BCUT2D eigenvalue weighted by molar-refractivity contribution is 7.86. The first kappa shape index (κ1) is 35.5. The number of fused-ring (bicyclic) bond motifs is 2. The molecule has 52 heavy (non-hydrogen) atoms. The fourth-order valence-electron chi connectivity index (χ4n) is 5.60. The molecule has 0 saturated carbocycles. The average molecular weight is 745 g/mol. The largest absolute Gasteiger partial charge is 0.494 e. The molecule has 2 aliphatic carbocycles. The van der Waals surface area contributed by atoms with Crippen LogP contribution in [0.2, 0.25) is 0 Å². The molecule has 4 aromatic rings. The number of methoxy groups -OCH3 is 2. The summed E-state index contributed by atoms with van der Waals surface area (Å²) in [6.45, 7) is 0. The predicted molar refractivity (Wildman–Crippen MR) is 195 cm³/mol. The van der Waals surface area contributed by atoms with E-state index in [1.807, 2.05) is 0 Å². The molecule has 0 aromatic heterocycles. The second kappa shape index (κ2) is 13.4. The van der Waals surface area contributed by atoms with E-state index < -0.39 is 41.6 Å². The number of carbonyl (C=O) groups excluding carboxylic acids is 2. The van der Waals surface area contributed by atoms with Crippen LogP contribution in [0.1, 0.15) is 31.8 Å². The molecule has 0 aliphatic heterocycles. The number of allylic oxidation sites excluding steroid dienone is 2. The van der Waals surface area contributed by atoms with Crippen LogP contribution in [0, 0.1) is 0 Å². The van der Waals surface area contributed by atoms with Gasteiger partial charge in [-0.1, -0.05) is 24.3 Å². The van der Waals surface area contributed by atoms with Crippen LogP contribution in [0.3, 0.4) is 0 Å².